The van der Waals surface area contributed by atoms with Crippen molar-refractivity contribution in [1.29, 1.82) is 0 Å². The molecule has 0 radical (unpaired) electrons. The summed E-state index contributed by atoms with van der Waals surface area (Å²) in [5.74, 6) is 0. The standard InChI is InChI=1S/C22H20N2.C22H19N2.2C20H16N2.4C11H8N.4Ir/c1-16-8-6-9-17(2)22(16)18-10-7-11-19(14-18)24-15-23(3)20-12-4-5-13-21(20)24;1-16-13-14-19(17(2)22(16)18-9-5-4-6-10-18)24-15-23(3)20-11-7-8-12-21(20)24;2*1-21-15-22(20-13-6-5-12-19(20)21)18-11-7-10-17(14-18)16-8-3-2-4-9-16;4*1-2-6-10(7-3-1)11-8-4-5-9-12-11;;;;/h4-10,12-15H,1-3H3;4-13H,1-3H3;2*2-10,12-15H,1H3;4*1-6,8-9H;;;;/q-2;-1;2*-2;4*-1;4*+3. The molecule has 144 heavy (non-hydrogen) atoms. The Morgan fingerprint density at radius 3 is 0.917 bits per heavy atom. The van der Waals surface area contributed by atoms with Crippen molar-refractivity contribution in [3.63, 3.8) is 0 Å². The second kappa shape index (κ2) is 53.2. The van der Waals surface area contributed by atoms with Crippen LogP contribution in [0.1, 0.15) is 22.3 Å². The zero-order chi connectivity index (χ0) is 96.1. The Labute approximate surface area is 902 Å². The normalized spacial score (nSPS) is 11.4. The number of rotatable bonds is 12. The van der Waals surface area contributed by atoms with Crippen LogP contribution in [0.4, 0.5) is 51.2 Å². The molecule has 0 aliphatic carbocycles. The minimum atomic E-state index is 0. The fourth-order valence-corrected chi connectivity index (χ4v) is 16.9. The molecular weight excluding hydrogens is 2470 g/mol. The molecule has 5 aromatic heterocycles. The molecule has 0 saturated carbocycles. The van der Waals surface area contributed by atoms with Crippen molar-refractivity contribution >= 4 is 62.2 Å². The Morgan fingerprint density at radius 2 is 0.569 bits per heavy atom. The first-order valence-electron chi connectivity index (χ1n) is 46.4. The number of imidazole rings is 1. The van der Waals surface area contributed by atoms with E-state index < -0.39 is 0 Å². The predicted molar refractivity (Wildman–Crippen MR) is 577 cm³/mol. The predicted octanol–water partition coefficient (Wildman–Crippen LogP) is 29.7. The van der Waals surface area contributed by atoms with E-state index in [0.717, 1.165) is 78.8 Å². The maximum absolute atomic E-state index is 4.22. The van der Waals surface area contributed by atoms with Crippen LogP contribution in [0.25, 0.3) is 106 Å². The summed E-state index contributed by atoms with van der Waals surface area (Å²) < 4.78 is 4.14. The van der Waals surface area contributed by atoms with Gasteiger partial charge in [0.25, 0.3) is 0 Å². The summed E-state index contributed by atoms with van der Waals surface area (Å²) in [6.45, 7) is 15.0. The number of aromatic nitrogens is 6. The largest absolute Gasteiger partial charge is 3.00 e. The number of hydrogen-bond acceptors (Lipinski definition) is 10. The van der Waals surface area contributed by atoms with Crippen molar-refractivity contribution in [2.75, 3.05) is 50.5 Å². The molecular formula is C128H103Ir4N12+. The molecule has 3 aliphatic heterocycles. The minimum Gasteiger partial charge on any atom is -0.504 e. The molecule has 710 valence electrons. The van der Waals surface area contributed by atoms with E-state index in [1.54, 1.807) is 24.8 Å². The molecule has 0 fully saturated rings. The Hall–Kier alpha value is -15.0. The van der Waals surface area contributed by atoms with E-state index in [-0.39, 0.29) is 80.4 Å². The summed E-state index contributed by atoms with van der Waals surface area (Å²) in [7, 11) is 8.24. The summed E-state index contributed by atoms with van der Waals surface area (Å²) in [5, 5.41) is 0. The minimum absolute atomic E-state index is 0. The Morgan fingerprint density at radius 1 is 0.257 bits per heavy atom. The topological polar surface area (TPSA) is 79.8 Å². The number of benzene rings is 16. The third kappa shape index (κ3) is 26.9. The van der Waals surface area contributed by atoms with Crippen LogP contribution in [-0.4, -0.2) is 45.6 Å². The van der Waals surface area contributed by atoms with Crippen LogP contribution in [-0.2, 0) is 87.5 Å². The molecule has 3 aliphatic rings. The quantitative estimate of drug-likeness (QED) is 0.0872. The van der Waals surface area contributed by atoms with Crippen molar-refractivity contribution in [2.24, 2.45) is 7.05 Å². The average molecular weight is 2580 g/mol. The second-order valence-electron chi connectivity index (χ2n) is 33.3. The number of aryl methyl sites for hydroxylation is 4. The van der Waals surface area contributed by atoms with Crippen molar-refractivity contribution in [3.8, 4) is 95.2 Å². The summed E-state index contributed by atoms with van der Waals surface area (Å²) >= 11 is 0. The molecule has 0 amide bonds. The van der Waals surface area contributed by atoms with Crippen LogP contribution < -0.4 is 34.0 Å². The van der Waals surface area contributed by atoms with Gasteiger partial charge in [-0.1, -0.05) is 238 Å². The first kappa shape index (κ1) is 106. The molecule has 16 aromatic carbocycles. The number of anilines is 9. The van der Waals surface area contributed by atoms with Gasteiger partial charge in [0.05, 0.1) is 18.1 Å². The summed E-state index contributed by atoms with van der Waals surface area (Å²) in [4.78, 5) is 29.9. The van der Waals surface area contributed by atoms with Gasteiger partial charge in [0, 0.05) is 58.9 Å². The smallest absolute Gasteiger partial charge is 0.504 e. The second-order valence-corrected chi connectivity index (χ2v) is 33.3. The SMILES string of the molecule is CN1[CH-]N(c2[c-]ccc(-c3ccccc3)c2)c2ccccc21.CN1[CH-]N(c2[c-]ccc(-c3ccccc3)c2)c2ccccc21.Cc1c[c-]c(-n2[c-][n+](C)c3ccccc32)c(C)c1-c1ccccc1.Cc1cccc(C)c1-c1cc[c-]c(N2[CH-]N(C)c3ccccc32)c1.[Ir+3].[Ir+3].[Ir+3].[Ir+3].[c-]1ccccc1-c1ccccn1.[c-]1ccccc1-c1ccccn1.[c-]1ccccc1-c1ccccn1.[c-]1ccccc1-c1ccccn1. The third-order valence-corrected chi connectivity index (χ3v) is 23.7. The van der Waals surface area contributed by atoms with Crippen molar-refractivity contribution < 1.29 is 85.0 Å². The molecule has 0 N–H and O–H groups in total. The Kier molecular flexibility index (Phi) is 39.3. The number of fused-ring (bicyclic) bond motifs is 4. The summed E-state index contributed by atoms with van der Waals surface area (Å²) in [5.41, 5.74) is 36.7. The summed E-state index contributed by atoms with van der Waals surface area (Å²) in [6.07, 6.45) is 10.6. The molecule has 16 heteroatoms. The maximum Gasteiger partial charge on any atom is 3.00 e. The first-order chi connectivity index (χ1) is 68.8. The fourth-order valence-electron chi connectivity index (χ4n) is 16.9. The van der Waals surface area contributed by atoms with E-state index in [1.165, 1.54) is 101 Å². The molecule has 0 spiro atoms. The number of para-hydroxylation sites is 8. The van der Waals surface area contributed by atoms with E-state index >= 15 is 0 Å². The Balaban J connectivity index is 0.000000140. The van der Waals surface area contributed by atoms with E-state index in [9.17, 15) is 0 Å². The van der Waals surface area contributed by atoms with E-state index in [1.807, 2.05) is 212 Å². The molecule has 24 rings (SSSR count). The van der Waals surface area contributed by atoms with Gasteiger partial charge in [-0.2, -0.15) is 92.3 Å². The number of nitrogens with zero attached hydrogens (tertiary/aromatic N) is 12. The maximum atomic E-state index is 4.22. The third-order valence-electron chi connectivity index (χ3n) is 23.7. The fraction of sp³-hybridized carbons (Fsp3) is 0.0625. The molecule has 8 heterocycles. The van der Waals surface area contributed by atoms with Crippen LogP contribution in [0.2, 0.25) is 0 Å². The number of pyridine rings is 4. The van der Waals surface area contributed by atoms with E-state index in [4.69, 9.17) is 0 Å². The average Bonchev–Trinajstić information content (AvgIpc) is 1.52. The molecule has 0 unspecified atom stereocenters. The van der Waals surface area contributed by atoms with Crippen LogP contribution in [0, 0.1) is 103 Å². The zero-order valence-electron chi connectivity index (χ0n) is 80.8. The van der Waals surface area contributed by atoms with Gasteiger partial charge in [0.15, 0.2) is 0 Å². The van der Waals surface area contributed by atoms with Gasteiger partial charge < -0.3 is 58.5 Å². The summed E-state index contributed by atoms with van der Waals surface area (Å²) in [6, 6.07) is 173. The zero-order valence-corrected chi connectivity index (χ0v) is 90.4. The molecule has 0 bridgehead atoms. The Bertz CT molecular complexity index is 6910. The van der Waals surface area contributed by atoms with E-state index in [2.05, 4.69) is 414 Å². The molecule has 12 nitrogen and oxygen atoms in total. The van der Waals surface area contributed by atoms with Gasteiger partial charge in [0.2, 0.25) is 6.33 Å². The number of hydrogen-bond donors (Lipinski definition) is 0. The van der Waals surface area contributed by atoms with Gasteiger partial charge in [-0.15, -0.1) is 207 Å². The van der Waals surface area contributed by atoms with Crippen LogP contribution in [0.5, 0.6) is 0 Å². The van der Waals surface area contributed by atoms with Gasteiger partial charge in [-0.05, 0) is 152 Å². The first-order valence-corrected chi connectivity index (χ1v) is 46.4. The van der Waals surface area contributed by atoms with Crippen molar-refractivity contribution in [3.05, 3.63) is 559 Å². The van der Waals surface area contributed by atoms with Crippen LogP contribution >= 0.6 is 0 Å². The molecule has 21 aromatic rings. The van der Waals surface area contributed by atoms with Crippen LogP contribution in [0.15, 0.2) is 462 Å². The van der Waals surface area contributed by atoms with Crippen LogP contribution in [0.3, 0.4) is 0 Å². The van der Waals surface area contributed by atoms with Gasteiger partial charge >= 0.3 is 80.4 Å². The van der Waals surface area contributed by atoms with E-state index in [0.29, 0.717) is 0 Å². The van der Waals surface area contributed by atoms with Gasteiger partial charge in [-0.25, -0.2) is 0 Å². The molecule has 0 saturated heterocycles. The monoisotopic (exact) mass is 2580 g/mol. The van der Waals surface area contributed by atoms with Crippen molar-refractivity contribution in [1.82, 2.24) is 24.5 Å². The van der Waals surface area contributed by atoms with Crippen molar-refractivity contribution in [2.45, 2.75) is 27.7 Å². The van der Waals surface area contributed by atoms with Gasteiger partial charge in [0.1, 0.15) is 0 Å². The van der Waals surface area contributed by atoms with Gasteiger partial charge in [-0.3, -0.25) is 0 Å². The molecule has 0 atom stereocenters.